The third-order valence-corrected chi connectivity index (χ3v) is 4.97. The summed E-state index contributed by atoms with van der Waals surface area (Å²) in [6.07, 6.45) is 3.44. The maximum absolute atomic E-state index is 14.5. The number of benzene rings is 1. The topological polar surface area (TPSA) is 24.5 Å². The average molecular weight is 294 g/mol. The number of nitrogens with one attached hydrogen (secondary N) is 1. The molecule has 2 unspecified atom stereocenters. The Balaban J connectivity index is 2.36. The summed E-state index contributed by atoms with van der Waals surface area (Å²) >= 11 is 0. The number of nitrogens with zero attached hydrogens (tertiary/aromatic N) is 1. The minimum absolute atomic E-state index is 0.0356. The number of methoxy groups -OCH3 is 1. The fraction of sp³-hybridized carbons (Fsp3) is 0.647. The van der Waals surface area contributed by atoms with Crippen LogP contribution in [0.1, 0.15) is 44.7 Å². The van der Waals surface area contributed by atoms with Crippen molar-refractivity contribution in [2.45, 2.75) is 44.7 Å². The van der Waals surface area contributed by atoms with Gasteiger partial charge in [-0.25, -0.2) is 4.39 Å². The van der Waals surface area contributed by atoms with Crippen LogP contribution in [0.4, 0.5) is 4.39 Å². The van der Waals surface area contributed by atoms with Gasteiger partial charge < -0.3 is 10.1 Å². The van der Waals surface area contributed by atoms with Crippen LogP contribution in [0.25, 0.3) is 0 Å². The lowest BCUT2D eigenvalue weighted by Gasteiger charge is -2.44. The van der Waals surface area contributed by atoms with E-state index in [4.69, 9.17) is 4.74 Å². The van der Waals surface area contributed by atoms with Crippen molar-refractivity contribution in [1.29, 1.82) is 0 Å². The van der Waals surface area contributed by atoms with Crippen molar-refractivity contribution in [3.63, 3.8) is 0 Å². The molecule has 21 heavy (non-hydrogen) atoms. The van der Waals surface area contributed by atoms with Crippen molar-refractivity contribution in [2.24, 2.45) is 0 Å². The summed E-state index contributed by atoms with van der Waals surface area (Å²) in [7, 11) is 3.47. The maximum atomic E-state index is 14.5. The van der Waals surface area contributed by atoms with E-state index >= 15 is 0 Å². The van der Waals surface area contributed by atoms with Crippen LogP contribution < -0.4 is 10.1 Å². The standard InChI is InChI=1S/C17H27FN2O/c1-5-17(2,20-10-6-7-11-20)16(19-3)14-9-8-13(21-4)12-15(14)18/h8-9,12,16,19H,5-7,10-11H2,1-4H3. The summed E-state index contributed by atoms with van der Waals surface area (Å²) in [6.45, 7) is 6.62. The first-order valence-electron chi connectivity index (χ1n) is 7.82. The minimum Gasteiger partial charge on any atom is -0.497 e. The van der Waals surface area contributed by atoms with Crippen LogP contribution in [0.3, 0.4) is 0 Å². The molecule has 1 aromatic carbocycles. The highest BCUT2D eigenvalue weighted by Gasteiger charge is 2.40. The normalized spacial score (nSPS) is 20.2. The SMILES string of the molecule is CCC(C)(C(NC)c1ccc(OC)cc1F)N1CCCC1. The number of likely N-dealkylation sites (N-methyl/N-ethyl adjacent to an activating group) is 1. The third kappa shape index (κ3) is 3.06. The van der Waals surface area contributed by atoms with Crippen molar-refractivity contribution >= 4 is 0 Å². The van der Waals surface area contributed by atoms with Gasteiger partial charge in [0.15, 0.2) is 0 Å². The summed E-state index contributed by atoms with van der Waals surface area (Å²) < 4.78 is 19.6. The second kappa shape index (κ2) is 6.75. The quantitative estimate of drug-likeness (QED) is 0.870. The van der Waals surface area contributed by atoms with Gasteiger partial charge in [-0.05, 0) is 52.4 Å². The van der Waals surface area contributed by atoms with Gasteiger partial charge in [0.25, 0.3) is 0 Å². The van der Waals surface area contributed by atoms with E-state index in [2.05, 4.69) is 24.1 Å². The Kier molecular flexibility index (Phi) is 5.22. The highest BCUT2D eigenvalue weighted by Crippen LogP contribution is 2.37. The zero-order valence-corrected chi connectivity index (χ0v) is 13.6. The molecular formula is C17H27FN2O. The monoisotopic (exact) mass is 294 g/mol. The number of hydrogen-bond acceptors (Lipinski definition) is 3. The van der Waals surface area contributed by atoms with Crippen LogP contribution >= 0.6 is 0 Å². The summed E-state index contributed by atoms with van der Waals surface area (Å²) in [5.74, 6) is 0.359. The largest absolute Gasteiger partial charge is 0.497 e. The smallest absolute Gasteiger partial charge is 0.131 e. The molecule has 2 rings (SSSR count). The molecule has 1 aliphatic rings. The lowest BCUT2D eigenvalue weighted by Crippen LogP contribution is -2.52. The van der Waals surface area contributed by atoms with Crippen molar-refractivity contribution in [2.75, 3.05) is 27.2 Å². The molecule has 4 heteroatoms. The molecule has 3 nitrogen and oxygen atoms in total. The van der Waals surface area contributed by atoms with Gasteiger partial charge in [-0.15, -0.1) is 0 Å². The van der Waals surface area contributed by atoms with Gasteiger partial charge >= 0.3 is 0 Å². The molecule has 0 aromatic heterocycles. The Morgan fingerprint density at radius 3 is 2.52 bits per heavy atom. The van der Waals surface area contributed by atoms with Crippen LogP contribution in [0, 0.1) is 5.82 Å². The van der Waals surface area contributed by atoms with E-state index in [-0.39, 0.29) is 17.4 Å². The minimum atomic E-state index is -0.201. The van der Waals surface area contributed by atoms with E-state index < -0.39 is 0 Å². The van der Waals surface area contributed by atoms with E-state index in [0.717, 1.165) is 25.1 Å². The molecule has 0 bridgehead atoms. The lowest BCUT2D eigenvalue weighted by molar-refractivity contribution is 0.0857. The third-order valence-electron chi connectivity index (χ3n) is 4.97. The molecule has 0 amide bonds. The molecule has 0 radical (unpaired) electrons. The number of hydrogen-bond donors (Lipinski definition) is 1. The molecule has 1 saturated heterocycles. The van der Waals surface area contributed by atoms with Gasteiger partial charge in [0.2, 0.25) is 0 Å². The van der Waals surface area contributed by atoms with E-state index in [1.807, 2.05) is 19.2 Å². The summed E-state index contributed by atoms with van der Waals surface area (Å²) in [5, 5.41) is 3.34. The zero-order chi connectivity index (χ0) is 15.5. The van der Waals surface area contributed by atoms with Crippen molar-refractivity contribution in [3.05, 3.63) is 29.6 Å². The molecule has 2 atom stereocenters. The van der Waals surface area contributed by atoms with Crippen LogP contribution in [0.15, 0.2) is 18.2 Å². The highest BCUT2D eigenvalue weighted by atomic mass is 19.1. The van der Waals surface area contributed by atoms with Crippen LogP contribution in [-0.2, 0) is 0 Å². The van der Waals surface area contributed by atoms with Crippen molar-refractivity contribution in [1.82, 2.24) is 10.2 Å². The molecule has 1 aliphatic heterocycles. The number of likely N-dealkylation sites (tertiary alicyclic amines) is 1. The van der Waals surface area contributed by atoms with Crippen molar-refractivity contribution < 1.29 is 9.13 Å². The molecule has 1 heterocycles. The summed E-state index contributed by atoms with van der Waals surface area (Å²) in [4.78, 5) is 2.50. The molecule has 118 valence electrons. The Labute approximate surface area is 127 Å². The van der Waals surface area contributed by atoms with E-state index in [1.165, 1.54) is 18.9 Å². The summed E-state index contributed by atoms with van der Waals surface area (Å²) in [5.41, 5.74) is 0.635. The van der Waals surface area contributed by atoms with Gasteiger partial charge in [0, 0.05) is 17.2 Å². The fourth-order valence-corrected chi connectivity index (χ4v) is 3.51. The molecule has 0 spiro atoms. The van der Waals surface area contributed by atoms with Gasteiger partial charge in [0.05, 0.1) is 13.2 Å². The van der Waals surface area contributed by atoms with Crippen molar-refractivity contribution in [3.8, 4) is 5.75 Å². The van der Waals surface area contributed by atoms with E-state index in [0.29, 0.717) is 5.75 Å². The zero-order valence-electron chi connectivity index (χ0n) is 13.6. The number of ether oxygens (including phenoxy) is 1. The molecule has 0 aliphatic carbocycles. The predicted octanol–water partition coefficient (Wildman–Crippen LogP) is 3.36. The van der Waals surface area contributed by atoms with E-state index in [9.17, 15) is 4.39 Å². The predicted molar refractivity (Wildman–Crippen MR) is 84.3 cm³/mol. The van der Waals surface area contributed by atoms with Crippen LogP contribution in [-0.4, -0.2) is 37.7 Å². The first-order chi connectivity index (χ1) is 10.1. The second-order valence-corrected chi connectivity index (χ2v) is 6.01. The van der Waals surface area contributed by atoms with E-state index in [1.54, 1.807) is 7.11 Å². The first kappa shape index (κ1) is 16.2. The van der Waals surface area contributed by atoms with Gasteiger partial charge in [-0.2, -0.15) is 0 Å². The molecule has 1 fully saturated rings. The molecule has 0 saturated carbocycles. The molecular weight excluding hydrogens is 267 g/mol. The fourth-order valence-electron chi connectivity index (χ4n) is 3.51. The Hall–Kier alpha value is -1.13. The average Bonchev–Trinajstić information content (AvgIpc) is 3.04. The van der Waals surface area contributed by atoms with Gasteiger partial charge in [-0.3, -0.25) is 4.90 Å². The Morgan fingerprint density at radius 1 is 1.38 bits per heavy atom. The van der Waals surface area contributed by atoms with Gasteiger partial charge in [0.1, 0.15) is 11.6 Å². The number of halogens is 1. The first-order valence-corrected chi connectivity index (χ1v) is 7.82. The Morgan fingerprint density at radius 2 is 2.05 bits per heavy atom. The molecule has 1 N–H and O–H groups in total. The van der Waals surface area contributed by atoms with Gasteiger partial charge in [-0.1, -0.05) is 13.0 Å². The summed E-state index contributed by atoms with van der Waals surface area (Å²) in [6, 6.07) is 5.12. The second-order valence-electron chi connectivity index (χ2n) is 6.01. The Bertz CT molecular complexity index is 474. The number of rotatable bonds is 6. The maximum Gasteiger partial charge on any atom is 0.131 e. The lowest BCUT2D eigenvalue weighted by atomic mass is 9.83. The van der Waals surface area contributed by atoms with Crippen LogP contribution in [0.5, 0.6) is 5.75 Å². The molecule has 1 aromatic rings. The van der Waals surface area contributed by atoms with Crippen LogP contribution in [0.2, 0.25) is 0 Å². The highest BCUT2D eigenvalue weighted by molar-refractivity contribution is 5.32.